The quantitative estimate of drug-likeness (QED) is 0.153. The first-order chi connectivity index (χ1) is 14.7. The maximum Gasteiger partial charge on any atom is 0.0659 e. The van der Waals surface area contributed by atoms with Gasteiger partial charge in [0.2, 0.25) is 0 Å². The van der Waals surface area contributed by atoms with Crippen molar-refractivity contribution in [2.75, 3.05) is 0 Å². The van der Waals surface area contributed by atoms with Crippen LogP contribution in [0, 0.1) is 11.8 Å². The van der Waals surface area contributed by atoms with Gasteiger partial charge in [0.05, 0.1) is 11.2 Å². The summed E-state index contributed by atoms with van der Waals surface area (Å²) in [6, 6.07) is 0. The molecule has 1 heteroatoms. The molecule has 0 aromatic carbocycles. The van der Waals surface area contributed by atoms with E-state index in [0.717, 1.165) is 0 Å². The highest BCUT2D eigenvalue weighted by molar-refractivity contribution is 4.85. The lowest BCUT2D eigenvalue weighted by molar-refractivity contribution is -0.169. The Balaban J connectivity index is 4.07. The zero-order valence-electron chi connectivity index (χ0n) is 23.3. The van der Waals surface area contributed by atoms with Crippen molar-refractivity contribution in [3.05, 3.63) is 0 Å². The minimum atomic E-state index is -0.0435. The Hall–Kier alpha value is -0.0400. The van der Waals surface area contributed by atoms with Gasteiger partial charge >= 0.3 is 0 Å². The van der Waals surface area contributed by atoms with Crippen molar-refractivity contribution >= 4 is 0 Å². The third-order valence-electron chi connectivity index (χ3n) is 7.88. The highest BCUT2D eigenvalue weighted by Crippen LogP contribution is 2.35. The maximum atomic E-state index is 6.79. The van der Waals surface area contributed by atoms with Crippen LogP contribution in [0.5, 0.6) is 0 Å². The number of ether oxygens (including phenoxy) is 1. The molecule has 31 heavy (non-hydrogen) atoms. The summed E-state index contributed by atoms with van der Waals surface area (Å²) >= 11 is 0. The van der Waals surface area contributed by atoms with Gasteiger partial charge in [0.1, 0.15) is 0 Å². The van der Waals surface area contributed by atoms with E-state index in [2.05, 4.69) is 55.4 Å². The lowest BCUT2D eigenvalue weighted by atomic mass is 9.83. The summed E-state index contributed by atoms with van der Waals surface area (Å²) in [5, 5.41) is 0. The summed E-state index contributed by atoms with van der Waals surface area (Å²) in [6.45, 7) is 18.7. The fourth-order valence-electron chi connectivity index (χ4n) is 4.74. The SMILES string of the molecule is CCCCCCCCCCC(C)C(C)(C)OC(C)(C)C(C)CCCCCCCCCC. The molecule has 0 rings (SSSR count). The van der Waals surface area contributed by atoms with Gasteiger partial charge < -0.3 is 4.74 Å². The van der Waals surface area contributed by atoms with Crippen LogP contribution in [-0.4, -0.2) is 11.2 Å². The number of hydrogen-bond acceptors (Lipinski definition) is 1. The van der Waals surface area contributed by atoms with Crippen LogP contribution in [-0.2, 0) is 4.74 Å². The lowest BCUT2D eigenvalue weighted by Gasteiger charge is -2.43. The minimum absolute atomic E-state index is 0.0435. The molecule has 0 aliphatic carbocycles. The predicted molar refractivity (Wildman–Crippen MR) is 142 cm³/mol. The van der Waals surface area contributed by atoms with E-state index in [4.69, 9.17) is 4.74 Å². The highest BCUT2D eigenvalue weighted by Gasteiger charge is 2.36. The molecule has 2 atom stereocenters. The molecule has 0 radical (unpaired) electrons. The normalized spacial score (nSPS) is 14.7. The second kappa shape index (κ2) is 18.4. The molecule has 1 nitrogen and oxygen atoms in total. The van der Waals surface area contributed by atoms with Crippen LogP contribution in [0.4, 0.5) is 0 Å². The van der Waals surface area contributed by atoms with Gasteiger partial charge in [0.15, 0.2) is 0 Å². The average molecular weight is 439 g/mol. The maximum absolute atomic E-state index is 6.79. The van der Waals surface area contributed by atoms with Crippen LogP contribution < -0.4 is 0 Å². The third kappa shape index (κ3) is 16.3. The molecule has 0 aromatic rings. The van der Waals surface area contributed by atoms with E-state index in [0.29, 0.717) is 11.8 Å². The predicted octanol–water partition coefficient (Wildman–Crippen LogP) is 10.9. The van der Waals surface area contributed by atoms with Gasteiger partial charge in [-0.3, -0.25) is 0 Å². The molecule has 0 N–H and O–H groups in total. The van der Waals surface area contributed by atoms with Crippen molar-refractivity contribution < 1.29 is 4.74 Å². The Morgan fingerprint density at radius 1 is 0.452 bits per heavy atom. The van der Waals surface area contributed by atoms with E-state index >= 15 is 0 Å². The first kappa shape index (κ1) is 31.0. The van der Waals surface area contributed by atoms with Crippen molar-refractivity contribution in [3.8, 4) is 0 Å². The molecule has 0 aromatic heterocycles. The van der Waals surface area contributed by atoms with E-state index in [9.17, 15) is 0 Å². The highest BCUT2D eigenvalue weighted by atomic mass is 16.5. The molecule has 0 aliphatic heterocycles. The van der Waals surface area contributed by atoms with Gasteiger partial charge in [-0.15, -0.1) is 0 Å². The van der Waals surface area contributed by atoms with Gasteiger partial charge in [0.25, 0.3) is 0 Å². The van der Waals surface area contributed by atoms with Crippen LogP contribution >= 0.6 is 0 Å². The average Bonchev–Trinajstić information content (AvgIpc) is 2.70. The molecule has 0 amide bonds. The summed E-state index contributed by atoms with van der Waals surface area (Å²) in [5.41, 5.74) is -0.0870. The molecule has 188 valence electrons. The number of unbranched alkanes of at least 4 members (excludes halogenated alkanes) is 14. The molecule has 0 heterocycles. The fraction of sp³-hybridized carbons (Fsp3) is 1.00. The van der Waals surface area contributed by atoms with Crippen LogP contribution in [0.15, 0.2) is 0 Å². The number of rotatable bonds is 22. The van der Waals surface area contributed by atoms with E-state index in [1.807, 2.05) is 0 Å². The zero-order chi connectivity index (χ0) is 23.6. The van der Waals surface area contributed by atoms with Crippen molar-refractivity contribution in [1.29, 1.82) is 0 Å². The minimum Gasteiger partial charge on any atom is -0.369 e. The summed E-state index contributed by atoms with van der Waals surface area (Å²) in [7, 11) is 0. The Kier molecular flexibility index (Phi) is 18.4. The summed E-state index contributed by atoms with van der Waals surface area (Å²) < 4.78 is 6.79. The Labute approximate surface area is 198 Å². The molecule has 0 fully saturated rings. The molecular formula is C30H62O. The molecule has 0 aliphatic rings. The van der Waals surface area contributed by atoms with E-state index in [1.165, 1.54) is 116 Å². The largest absolute Gasteiger partial charge is 0.369 e. The third-order valence-corrected chi connectivity index (χ3v) is 7.88. The van der Waals surface area contributed by atoms with E-state index < -0.39 is 0 Å². The Bertz CT molecular complexity index is 348. The van der Waals surface area contributed by atoms with Crippen molar-refractivity contribution in [2.45, 2.75) is 182 Å². The van der Waals surface area contributed by atoms with Crippen LogP contribution in [0.2, 0.25) is 0 Å². The van der Waals surface area contributed by atoms with Crippen LogP contribution in [0.1, 0.15) is 171 Å². The van der Waals surface area contributed by atoms with Crippen molar-refractivity contribution in [3.63, 3.8) is 0 Å². The van der Waals surface area contributed by atoms with E-state index in [-0.39, 0.29) is 11.2 Å². The van der Waals surface area contributed by atoms with Gasteiger partial charge in [0, 0.05) is 0 Å². The molecular weight excluding hydrogens is 376 g/mol. The standard InChI is InChI=1S/C30H62O/c1-9-11-13-15-17-19-21-23-25-27(3)29(5,6)31-30(7,8)28(4)26-24-22-20-18-16-14-12-10-2/h27-28H,9-26H2,1-8H3. The first-order valence-corrected chi connectivity index (χ1v) is 14.4. The first-order valence-electron chi connectivity index (χ1n) is 14.4. The summed E-state index contributed by atoms with van der Waals surface area (Å²) in [4.78, 5) is 0. The second-order valence-corrected chi connectivity index (χ2v) is 11.6. The topological polar surface area (TPSA) is 9.23 Å². The summed E-state index contributed by atoms with van der Waals surface area (Å²) in [6.07, 6.45) is 25.0. The molecule has 0 bridgehead atoms. The summed E-state index contributed by atoms with van der Waals surface area (Å²) in [5.74, 6) is 1.23. The van der Waals surface area contributed by atoms with Crippen molar-refractivity contribution in [2.24, 2.45) is 11.8 Å². The second-order valence-electron chi connectivity index (χ2n) is 11.6. The van der Waals surface area contributed by atoms with Crippen molar-refractivity contribution in [1.82, 2.24) is 0 Å². The molecule has 0 saturated heterocycles. The number of hydrogen-bond donors (Lipinski definition) is 0. The molecule has 0 saturated carbocycles. The molecule has 2 unspecified atom stereocenters. The van der Waals surface area contributed by atoms with Crippen LogP contribution in [0.25, 0.3) is 0 Å². The smallest absolute Gasteiger partial charge is 0.0659 e. The Morgan fingerprint density at radius 3 is 1.00 bits per heavy atom. The van der Waals surface area contributed by atoms with Gasteiger partial charge in [-0.05, 0) is 52.4 Å². The fourth-order valence-corrected chi connectivity index (χ4v) is 4.74. The van der Waals surface area contributed by atoms with Gasteiger partial charge in [-0.1, -0.05) is 130 Å². The van der Waals surface area contributed by atoms with Gasteiger partial charge in [-0.25, -0.2) is 0 Å². The monoisotopic (exact) mass is 438 g/mol. The lowest BCUT2D eigenvalue weighted by Crippen LogP contribution is -2.45. The van der Waals surface area contributed by atoms with Gasteiger partial charge in [-0.2, -0.15) is 0 Å². The van der Waals surface area contributed by atoms with E-state index in [1.54, 1.807) is 0 Å². The zero-order valence-corrected chi connectivity index (χ0v) is 23.3. The Morgan fingerprint density at radius 2 is 0.710 bits per heavy atom. The molecule has 0 spiro atoms. The van der Waals surface area contributed by atoms with Crippen LogP contribution in [0.3, 0.4) is 0 Å².